The van der Waals surface area contributed by atoms with Crippen LogP contribution in [0.25, 0.3) is 0 Å². The van der Waals surface area contributed by atoms with Gasteiger partial charge >= 0.3 is 39.5 Å². The van der Waals surface area contributed by atoms with E-state index in [2.05, 4.69) is 41.5 Å². The number of carbonyl (C=O) groups excluding carboxylic acids is 4. The van der Waals surface area contributed by atoms with Crippen molar-refractivity contribution in [2.75, 3.05) is 39.6 Å². The molecule has 0 fully saturated rings. The molecule has 0 aromatic carbocycles. The predicted octanol–water partition coefficient (Wildman–Crippen LogP) is 25.8. The molecule has 0 spiro atoms. The zero-order valence-electron chi connectivity index (χ0n) is 68.3. The van der Waals surface area contributed by atoms with Gasteiger partial charge in [-0.2, -0.15) is 0 Å². The zero-order chi connectivity index (χ0) is 76.4. The van der Waals surface area contributed by atoms with E-state index in [0.29, 0.717) is 25.7 Å². The number of esters is 4. The summed E-state index contributed by atoms with van der Waals surface area (Å²) < 4.78 is 68.9. The van der Waals surface area contributed by atoms with Crippen LogP contribution in [0.15, 0.2) is 0 Å². The number of rotatable bonds is 84. The summed E-state index contributed by atoms with van der Waals surface area (Å²) in [4.78, 5) is 73.2. The zero-order valence-corrected chi connectivity index (χ0v) is 70.1. The Morgan fingerprint density at radius 2 is 0.442 bits per heavy atom. The van der Waals surface area contributed by atoms with E-state index in [0.717, 1.165) is 102 Å². The summed E-state index contributed by atoms with van der Waals surface area (Å²) in [5, 5.41) is 10.7. The van der Waals surface area contributed by atoms with Gasteiger partial charge in [0, 0.05) is 25.7 Å². The average Bonchev–Trinajstić information content (AvgIpc) is 0.908. The van der Waals surface area contributed by atoms with Gasteiger partial charge in [-0.15, -0.1) is 0 Å². The second-order valence-corrected chi connectivity index (χ2v) is 34.4. The van der Waals surface area contributed by atoms with Crippen molar-refractivity contribution in [1.82, 2.24) is 0 Å². The highest BCUT2D eigenvalue weighted by atomic mass is 31.2. The quantitative estimate of drug-likeness (QED) is 0.0222. The Morgan fingerprint density at radius 1 is 0.260 bits per heavy atom. The van der Waals surface area contributed by atoms with E-state index in [4.69, 9.17) is 37.0 Å². The van der Waals surface area contributed by atoms with E-state index in [1.165, 1.54) is 270 Å². The monoisotopic (exact) mass is 1520 g/mol. The fourth-order valence-corrected chi connectivity index (χ4v) is 14.8. The average molecular weight is 1520 g/mol. The number of hydrogen-bond donors (Lipinski definition) is 3. The van der Waals surface area contributed by atoms with E-state index in [-0.39, 0.29) is 25.7 Å². The standard InChI is InChI=1S/C85H166O17P2/c1-7-9-11-13-15-17-19-21-23-29-33-36-43-49-55-61-67-82(87)95-73-80(101-85(90)70-64-58-52-46-38-34-30-27-25-24-26-28-31-35-41-47-53-59-65-77(3)4)75-99-103(91,92)97-71-79(86)72-98-104(93,94)100-76-81(74-96-83(88)68-62-56-50-44-40-39-42-48-54-60-66-78(5)6)102-84(89)69-63-57-51-45-37-32-22-20-18-16-14-12-10-8-2/h77-81,86H,7-76H2,1-6H3,(H,91,92)(H,93,94)/t79-,80-,81-/m1/s1. The number of aliphatic hydroxyl groups is 1. The van der Waals surface area contributed by atoms with Crippen molar-refractivity contribution in [3.63, 3.8) is 0 Å². The molecule has 104 heavy (non-hydrogen) atoms. The lowest BCUT2D eigenvalue weighted by Crippen LogP contribution is -2.30. The van der Waals surface area contributed by atoms with Crippen LogP contribution in [0.4, 0.5) is 0 Å². The van der Waals surface area contributed by atoms with E-state index in [1.54, 1.807) is 0 Å². The fourth-order valence-electron chi connectivity index (χ4n) is 13.2. The van der Waals surface area contributed by atoms with Crippen molar-refractivity contribution in [1.29, 1.82) is 0 Å². The van der Waals surface area contributed by atoms with Gasteiger partial charge in [0.2, 0.25) is 0 Å². The fraction of sp³-hybridized carbons (Fsp3) is 0.953. The van der Waals surface area contributed by atoms with Gasteiger partial charge in [0.05, 0.1) is 26.4 Å². The highest BCUT2D eigenvalue weighted by molar-refractivity contribution is 7.47. The minimum atomic E-state index is -4.96. The molecule has 5 atom stereocenters. The maximum absolute atomic E-state index is 13.1. The molecule has 0 aromatic rings. The third kappa shape index (κ3) is 78.2. The van der Waals surface area contributed by atoms with E-state index < -0.39 is 97.5 Å². The number of carbonyl (C=O) groups is 4. The van der Waals surface area contributed by atoms with Crippen molar-refractivity contribution >= 4 is 39.5 Å². The minimum Gasteiger partial charge on any atom is -0.462 e. The molecule has 0 aliphatic heterocycles. The number of ether oxygens (including phenoxy) is 4. The summed E-state index contributed by atoms with van der Waals surface area (Å²) in [6.45, 7) is 9.70. The van der Waals surface area contributed by atoms with Crippen LogP contribution in [0.3, 0.4) is 0 Å². The maximum Gasteiger partial charge on any atom is 0.472 e. The molecule has 0 saturated heterocycles. The summed E-state index contributed by atoms with van der Waals surface area (Å²) in [7, 11) is -9.93. The van der Waals surface area contributed by atoms with Gasteiger partial charge in [-0.05, 0) is 37.5 Å². The Balaban J connectivity index is 5.25. The van der Waals surface area contributed by atoms with Gasteiger partial charge in [0.15, 0.2) is 12.2 Å². The van der Waals surface area contributed by atoms with Gasteiger partial charge in [-0.25, -0.2) is 9.13 Å². The Kier molecular flexibility index (Phi) is 75.0. The Morgan fingerprint density at radius 3 is 0.654 bits per heavy atom. The Bertz CT molecular complexity index is 1990. The lowest BCUT2D eigenvalue weighted by atomic mass is 10.0. The first-order valence-electron chi connectivity index (χ1n) is 44.0. The van der Waals surface area contributed by atoms with E-state index >= 15 is 0 Å². The normalized spacial score (nSPS) is 13.8. The Hall–Kier alpha value is -1.94. The highest BCUT2D eigenvalue weighted by Crippen LogP contribution is 2.45. The molecule has 3 N–H and O–H groups in total. The Labute approximate surface area is 638 Å². The smallest absolute Gasteiger partial charge is 0.462 e. The van der Waals surface area contributed by atoms with Gasteiger partial charge in [0.1, 0.15) is 19.3 Å². The predicted molar refractivity (Wildman–Crippen MR) is 428 cm³/mol. The van der Waals surface area contributed by atoms with E-state index in [1.807, 2.05) is 0 Å². The van der Waals surface area contributed by atoms with Gasteiger partial charge in [-0.1, -0.05) is 401 Å². The van der Waals surface area contributed by atoms with E-state index in [9.17, 15) is 43.2 Å². The summed E-state index contributed by atoms with van der Waals surface area (Å²) in [6.07, 6.45) is 67.9. The highest BCUT2D eigenvalue weighted by Gasteiger charge is 2.30. The molecule has 0 aromatic heterocycles. The van der Waals surface area contributed by atoms with Gasteiger partial charge in [-0.3, -0.25) is 37.3 Å². The lowest BCUT2D eigenvalue weighted by Gasteiger charge is -2.21. The van der Waals surface area contributed by atoms with Crippen LogP contribution in [-0.2, 0) is 65.4 Å². The maximum atomic E-state index is 13.1. The molecule has 0 heterocycles. The summed E-state index contributed by atoms with van der Waals surface area (Å²) >= 11 is 0. The number of unbranched alkanes of at least 4 members (excludes halogenated alkanes) is 54. The topological polar surface area (TPSA) is 237 Å². The summed E-state index contributed by atoms with van der Waals surface area (Å²) in [6, 6.07) is 0. The van der Waals surface area contributed by atoms with Crippen LogP contribution in [0.1, 0.15) is 452 Å². The minimum absolute atomic E-state index is 0.108. The second kappa shape index (κ2) is 76.4. The lowest BCUT2D eigenvalue weighted by molar-refractivity contribution is -0.161. The third-order valence-electron chi connectivity index (χ3n) is 20.0. The van der Waals surface area contributed by atoms with Crippen LogP contribution < -0.4 is 0 Å². The largest absolute Gasteiger partial charge is 0.472 e. The van der Waals surface area contributed by atoms with Crippen molar-refractivity contribution in [3.8, 4) is 0 Å². The SMILES string of the molecule is CCCCCCCCCCCCCCCCCCC(=O)OC[C@H](COP(=O)(O)OC[C@@H](O)COP(=O)(O)OC[C@@H](COC(=O)CCCCCCCCCCCCC(C)C)OC(=O)CCCCCCCCCCCCCCCC)OC(=O)CCCCCCCCCCCCCCCCCCCCC(C)C. The molecule has 2 unspecified atom stereocenters. The van der Waals surface area contributed by atoms with Gasteiger partial charge in [0.25, 0.3) is 0 Å². The molecule has 19 heteroatoms. The molecule has 618 valence electrons. The number of aliphatic hydroxyl groups excluding tert-OH is 1. The molecule has 0 saturated carbocycles. The molecule has 0 radical (unpaired) electrons. The summed E-state index contributed by atoms with van der Waals surface area (Å²) in [5.41, 5.74) is 0. The molecular weight excluding hydrogens is 1350 g/mol. The second-order valence-electron chi connectivity index (χ2n) is 31.5. The molecule has 0 aliphatic rings. The van der Waals surface area contributed by atoms with Crippen LogP contribution in [0, 0.1) is 11.8 Å². The van der Waals surface area contributed by atoms with Crippen molar-refractivity contribution in [3.05, 3.63) is 0 Å². The first kappa shape index (κ1) is 102. The first-order chi connectivity index (χ1) is 50.4. The molecule has 0 rings (SSSR count). The molecule has 0 amide bonds. The van der Waals surface area contributed by atoms with Crippen LogP contribution >= 0.6 is 15.6 Å². The van der Waals surface area contributed by atoms with Crippen LogP contribution in [0.2, 0.25) is 0 Å². The number of phosphoric acid groups is 2. The third-order valence-corrected chi connectivity index (χ3v) is 21.9. The van der Waals surface area contributed by atoms with Crippen LogP contribution in [-0.4, -0.2) is 96.7 Å². The van der Waals surface area contributed by atoms with Crippen molar-refractivity contribution in [2.24, 2.45) is 11.8 Å². The van der Waals surface area contributed by atoms with Crippen LogP contribution in [0.5, 0.6) is 0 Å². The number of hydrogen-bond acceptors (Lipinski definition) is 15. The molecule has 0 bridgehead atoms. The molecule has 17 nitrogen and oxygen atoms in total. The molecule has 0 aliphatic carbocycles. The van der Waals surface area contributed by atoms with Crippen molar-refractivity contribution in [2.45, 2.75) is 471 Å². The van der Waals surface area contributed by atoms with Crippen molar-refractivity contribution < 1.29 is 80.2 Å². The van der Waals surface area contributed by atoms with Gasteiger partial charge < -0.3 is 33.8 Å². The first-order valence-corrected chi connectivity index (χ1v) is 47.0. The number of phosphoric ester groups is 2. The summed E-state index contributed by atoms with van der Waals surface area (Å²) in [5.74, 6) is -0.522. The molecular formula is C85H166O17P2.